The van der Waals surface area contributed by atoms with Crippen LogP contribution < -0.4 is 5.73 Å². The summed E-state index contributed by atoms with van der Waals surface area (Å²) in [6.07, 6.45) is 0. The molecule has 0 spiro atoms. The first-order valence-corrected chi connectivity index (χ1v) is 6.29. The Labute approximate surface area is 112 Å². The molecular weight excluding hydrogens is 242 g/mol. The predicted molar refractivity (Wildman–Crippen MR) is 73.5 cm³/mol. The van der Waals surface area contributed by atoms with E-state index in [2.05, 4.69) is 10.1 Å². The summed E-state index contributed by atoms with van der Waals surface area (Å²) in [6, 6.07) is 5.68. The van der Waals surface area contributed by atoms with Crippen LogP contribution in [0.15, 0.2) is 22.7 Å². The third-order valence-electron chi connectivity index (χ3n) is 2.99. The summed E-state index contributed by atoms with van der Waals surface area (Å²) in [5, 5.41) is 4.00. The van der Waals surface area contributed by atoms with Crippen molar-refractivity contribution in [1.82, 2.24) is 10.1 Å². The van der Waals surface area contributed by atoms with Gasteiger partial charge in [0.2, 0.25) is 5.82 Å². The molecule has 2 aromatic rings. The largest absolute Gasteiger partial charge is 0.398 e. The van der Waals surface area contributed by atoms with Gasteiger partial charge >= 0.3 is 0 Å². The molecule has 102 valence electrons. The van der Waals surface area contributed by atoms with Gasteiger partial charge in [0.15, 0.2) is 0 Å². The van der Waals surface area contributed by atoms with E-state index in [4.69, 9.17) is 15.0 Å². The Hall–Kier alpha value is -1.88. The summed E-state index contributed by atoms with van der Waals surface area (Å²) in [7, 11) is 0. The highest BCUT2D eigenvalue weighted by Crippen LogP contribution is 2.30. The molecule has 1 heterocycles. The number of hydrogen-bond acceptors (Lipinski definition) is 5. The molecule has 0 radical (unpaired) electrons. The molecule has 0 saturated heterocycles. The minimum absolute atomic E-state index is 0.429. The molecule has 2 N–H and O–H groups in total. The van der Waals surface area contributed by atoms with Gasteiger partial charge in [0.1, 0.15) is 5.60 Å². The lowest BCUT2D eigenvalue weighted by molar-refractivity contribution is -0.0221. The van der Waals surface area contributed by atoms with Gasteiger partial charge in [0, 0.05) is 12.3 Å². The van der Waals surface area contributed by atoms with Crippen LogP contribution in [-0.2, 0) is 10.3 Å². The van der Waals surface area contributed by atoms with Crippen molar-refractivity contribution >= 4 is 5.69 Å². The molecule has 0 aliphatic carbocycles. The van der Waals surface area contributed by atoms with E-state index in [-0.39, 0.29) is 0 Å². The van der Waals surface area contributed by atoms with Gasteiger partial charge in [-0.2, -0.15) is 4.98 Å². The summed E-state index contributed by atoms with van der Waals surface area (Å²) in [5.74, 6) is 0.949. The van der Waals surface area contributed by atoms with Crippen LogP contribution in [0.1, 0.15) is 32.2 Å². The number of rotatable bonds is 4. The Kier molecular flexibility index (Phi) is 3.57. The van der Waals surface area contributed by atoms with Crippen molar-refractivity contribution in [3.63, 3.8) is 0 Å². The fraction of sp³-hybridized carbons (Fsp3) is 0.429. The summed E-state index contributed by atoms with van der Waals surface area (Å²) in [6.45, 7) is 8.30. The van der Waals surface area contributed by atoms with Gasteiger partial charge in [-0.05, 0) is 39.3 Å². The molecule has 0 unspecified atom stereocenters. The van der Waals surface area contributed by atoms with Crippen LogP contribution in [0.25, 0.3) is 11.5 Å². The van der Waals surface area contributed by atoms with E-state index in [1.54, 1.807) is 0 Å². The summed E-state index contributed by atoms with van der Waals surface area (Å²) in [4.78, 5) is 4.41. The molecule has 2 rings (SSSR count). The second-order valence-electron chi connectivity index (χ2n) is 4.91. The van der Waals surface area contributed by atoms with Crippen molar-refractivity contribution in [3.8, 4) is 11.5 Å². The lowest BCUT2D eigenvalue weighted by Gasteiger charge is -2.19. The highest BCUT2D eigenvalue weighted by molar-refractivity contribution is 5.73. The van der Waals surface area contributed by atoms with Crippen LogP contribution in [-0.4, -0.2) is 16.7 Å². The molecule has 0 atom stereocenters. The smallest absolute Gasteiger partial charge is 0.260 e. The van der Waals surface area contributed by atoms with Gasteiger partial charge in [-0.1, -0.05) is 17.3 Å². The van der Waals surface area contributed by atoms with Crippen molar-refractivity contribution in [2.24, 2.45) is 0 Å². The molecule has 0 bridgehead atoms. The Balaban J connectivity index is 2.42. The highest BCUT2D eigenvalue weighted by atomic mass is 16.5. The first-order valence-electron chi connectivity index (χ1n) is 6.29. The zero-order chi connectivity index (χ0) is 14.0. The third kappa shape index (κ3) is 2.61. The molecule has 1 aromatic carbocycles. The van der Waals surface area contributed by atoms with E-state index in [9.17, 15) is 0 Å². The van der Waals surface area contributed by atoms with Gasteiger partial charge in [-0.15, -0.1) is 0 Å². The average molecular weight is 261 g/mol. The minimum atomic E-state index is -0.575. The normalized spacial score (nSPS) is 11.8. The van der Waals surface area contributed by atoms with Crippen molar-refractivity contribution in [1.29, 1.82) is 0 Å². The van der Waals surface area contributed by atoms with Crippen LogP contribution in [0.5, 0.6) is 0 Å². The lowest BCUT2D eigenvalue weighted by Crippen LogP contribution is -2.23. The lowest BCUT2D eigenvalue weighted by atomic mass is 10.1. The van der Waals surface area contributed by atoms with Gasteiger partial charge in [0.25, 0.3) is 5.89 Å². The van der Waals surface area contributed by atoms with Crippen LogP contribution in [0.2, 0.25) is 0 Å². The van der Waals surface area contributed by atoms with Gasteiger partial charge < -0.3 is 15.0 Å². The van der Waals surface area contributed by atoms with Crippen molar-refractivity contribution in [3.05, 3.63) is 29.6 Å². The molecule has 0 aliphatic heterocycles. The SMILES string of the molecule is CCOC(C)(C)c1noc(-c2c(C)cccc2N)n1. The number of aromatic nitrogens is 2. The van der Waals surface area contributed by atoms with Crippen LogP contribution in [0.4, 0.5) is 5.69 Å². The molecule has 0 saturated carbocycles. The minimum Gasteiger partial charge on any atom is -0.398 e. The molecule has 5 heteroatoms. The van der Waals surface area contributed by atoms with E-state index < -0.39 is 5.60 Å². The van der Waals surface area contributed by atoms with Gasteiger partial charge in [0.05, 0.1) is 5.56 Å². The zero-order valence-electron chi connectivity index (χ0n) is 11.7. The standard InChI is InChI=1S/C14H19N3O2/c1-5-18-14(3,4)13-16-12(19-17-13)11-9(2)7-6-8-10(11)15/h6-8H,5,15H2,1-4H3. The maximum atomic E-state index is 5.97. The van der Waals surface area contributed by atoms with E-state index in [1.807, 2.05) is 45.9 Å². The summed E-state index contributed by atoms with van der Waals surface area (Å²) >= 11 is 0. The molecular formula is C14H19N3O2. The Morgan fingerprint density at radius 2 is 2.11 bits per heavy atom. The first-order chi connectivity index (χ1) is 8.95. The Morgan fingerprint density at radius 1 is 1.37 bits per heavy atom. The van der Waals surface area contributed by atoms with E-state index in [0.29, 0.717) is 24.0 Å². The molecule has 0 amide bonds. The second-order valence-corrected chi connectivity index (χ2v) is 4.91. The van der Waals surface area contributed by atoms with Crippen LogP contribution in [0, 0.1) is 6.92 Å². The average Bonchev–Trinajstić information content (AvgIpc) is 2.78. The number of ether oxygens (including phenoxy) is 1. The summed E-state index contributed by atoms with van der Waals surface area (Å²) in [5.41, 5.74) is 7.81. The van der Waals surface area contributed by atoms with Crippen molar-refractivity contribution in [2.45, 2.75) is 33.3 Å². The van der Waals surface area contributed by atoms with E-state index >= 15 is 0 Å². The Bertz CT molecular complexity index is 556. The van der Waals surface area contributed by atoms with Crippen LogP contribution in [0.3, 0.4) is 0 Å². The molecule has 1 aromatic heterocycles. The van der Waals surface area contributed by atoms with Crippen molar-refractivity contribution in [2.75, 3.05) is 12.3 Å². The molecule has 0 aliphatic rings. The number of nitrogens with two attached hydrogens (primary N) is 1. The third-order valence-corrected chi connectivity index (χ3v) is 2.99. The van der Waals surface area contributed by atoms with Gasteiger partial charge in [-0.25, -0.2) is 0 Å². The second kappa shape index (κ2) is 5.01. The Morgan fingerprint density at radius 3 is 2.74 bits per heavy atom. The number of aryl methyl sites for hydroxylation is 1. The fourth-order valence-electron chi connectivity index (χ4n) is 1.98. The zero-order valence-corrected chi connectivity index (χ0v) is 11.7. The molecule has 0 fully saturated rings. The number of hydrogen-bond donors (Lipinski definition) is 1. The number of benzene rings is 1. The molecule has 5 nitrogen and oxygen atoms in total. The predicted octanol–water partition coefficient (Wildman–Crippen LogP) is 2.90. The van der Waals surface area contributed by atoms with E-state index in [0.717, 1.165) is 11.1 Å². The first kappa shape index (κ1) is 13.5. The quantitative estimate of drug-likeness (QED) is 0.856. The maximum absolute atomic E-state index is 5.97. The monoisotopic (exact) mass is 261 g/mol. The summed E-state index contributed by atoms with van der Waals surface area (Å²) < 4.78 is 10.9. The fourth-order valence-corrected chi connectivity index (χ4v) is 1.98. The maximum Gasteiger partial charge on any atom is 0.260 e. The topological polar surface area (TPSA) is 74.2 Å². The molecule has 19 heavy (non-hydrogen) atoms. The highest BCUT2D eigenvalue weighted by Gasteiger charge is 2.28. The van der Waals surface area contributed by atoms with Crippen LogP contribution >= 0.6 is 0 Å². The van der Waals surface area contributed by atoms with Crippen molar-refractivity contribution < 1.29 is 9.26 Å². The van der Waals surface area contributed by atoms with E-state index in [1.165, 1.54) is 0 Å². The number of anilines is 1. The number of nitrogens with zero attached hydrogens (tertiary/aromatic N) is 2. The van der Waals surface area contributed by atoms with Gasteiger partial charge in [-0.3, -0.25) is 0 Å². The number of nitrogen functional groups attached to an aromatic ring is 1.